The van der Waals surface area contributed by atoms with Crippen molar-refractivity contribution in [2.75, 3.05) is 0 Å². The van der Waals surface area contributed by atoms with E-state index in [-0.39, 0.29) is 0 Å². The molecule has 8 atom stereocenters. The second-order valence-corrected chi connectivity index (χ2v) is 8.05. The average Bonchev–Trinajstić information content (AvgIpc) is 3.12. The molecule has 0 aliphatic heterocycles. The van der Waals surface area contributed by atoms with Gasteiger partial charge in [-0.25, -0.2) is 0 Å². The van der Waals surface area contributed by atoms with E-state index in [2.05, 4.69) is 34.6 Å². The molecular formula is C16H26. The lowest BCUT2D eigenvalue weighted by molar-refractivity contribution is 0.116. The van der Waals surface area contributed by atoms with Crippen LogP contribution in [0, 0.1) is 52.3 Å². The molecule has 0 aromatic rings. The Kier molecular flexibility index (Phi) is 1.50. The molecule has 4 saturated carbocycles. The predicted octanol–water partition coefficient (Wildman–Crippen LogP) is 4.21. The number of rotatable bonds is 2. The zero-order valence-corrected chi connectivity index (χ0v) is 11.5. The quantitative estimate of drug-likeness (QED) is 0.651. The van der Waals surface area contributed by atoms with Gasteiger partial charge in [-0.1, -0.05) is 34.6 Å². The van der Waals surface area contributed by atoms with Crippen LogP contribution in [-0.2, 0) is 0 Å². The second-order valence-electron chi connectivity index (χ2n) is 8.05. The van der Waals surface area contributed by atoms with Gasteiger partial charge < -0.3 is 0 Å². The Morgan fingerprint density at radius 3 is 1.94 bits per heavy atom. The van der Waals surface area contributed by atoms with E-state index in [1.54, 1.807) is 12.8 Å². The van der Waals surface area contributed by atoms with Crippen LogP contribution in [0.1, 0.15) is 47.5 Å². The predicted molar refractivity (Wildman–Crippen MR) is 66.9 cm³/mol. The molecule has 4 aliphatic rings. The summed E-state index contributed by atoms with van der Waals surface area (Å²) in [5.41, 5.74) is 1.64. The van der Waals surface area contributed by atoms with Gasteiger partial charge in [0.15, 0.2) is 0 Å². The molecule has 4 fully saturated rings. The lowest BCUT2D eigenvalue weighted by atomic mass is 9.68. The van der Waals surface area contributed by atoms with E-state index in [0.29, 0.717) is 0 Å². The van der Waals surface area contributed by atoms with Crippen molar-refractivity contribution in [1.82, 2.24) is 0 Å². The van der Waals surface area contributed by atoms with Crippen molar-refractivity contribution in [2.24, 2.45) is 52.3 Å². The molecular weight excluding hydrogens is 192 g/mol. The Morgan fingerprint density at radius 2 is 1.62 bits per heavy atom. The van der Waals surface area contributed by atoms with Gasteiger partial charge in [0.05, 0.1) is 0 Å². The van der Waals surface area contributed by atoms with E-state index in [1.807, 2.05) is 0 Å². The Bertz CT molecular complexity index is 347. The van der Waals surface area contributed by atoms with E-state index >= 15 is 0 Å². The highest BCUT2D eigenvalue weighted by atomic mass is 14.8. The van der Waals surface area contributed by atoms with Gasteiger partial charge in [-0.2, -0.15) is 0 Å². The highest BCUT2D eigenvalue weighted by Crippen LogP contribution is 2.84. The SMILES string of the molecule is CC(C1CC2(C)C(C)C12)C1CC12C(C)C2C. The van der Waals surface area contributed by atoms with Crippen LogP contribution in [0.3, 0.4) is 0 Å². The van der Waals surface area contributed by atoms with E-state index in [1.165, 1.54) is 0 Å². The van der Waals surface area contributed by atoms with E-state index < -0.39 is 0 Å². The number of hydrogen-bond donors (Lipinski definition) is 0. The molecule has 0 aromatic heterocycles. The topological polar surface area (TPSA) is 0 Å². The summed E-state index contributed by atoms with van der Waals surface area (Å²) in [4.78, 5) is 0. The largest absolute Gasteiger partial charge is 0.0619 e. The summed E-state index contributed by atoms with van der Waals surface area (Å²) in [6.45, 7) is 12.6. The lowest BCUT2D eigenvalue weighted by Gasteiger charge is -2.37. The lowest BCUT2D eigenvalue weighted by Crippen LogP contribution is -2.30. The minimum Gasteiger partial charge on any atom is -0.0619 e. The van der Waals surface area contributed by atoms with Crippen molar-refractivity contribution < 1.29 is 0 Å². The summed E-state index contributed by atoms with van der Waals surface area (Å²) in [6.07, 6.45) is 3.13. The van der Waals surface area contributed by atoms with Crippen LogP contribution < -0.4 is 0 Å². The minimum absolute atomic E-state index is 0.793. The molecule has 0 nitrogen and oxygen atoms in total. The zero-order valence-electron chi connectivity index (χ0n) is 11.5. The summed E-state index contributed by atoms with van der Waals surface area (Å²) >= 11 is 0. The van der Waals surface area contributed by atoms with Crippen LogP contribution in [0.25, 0.3) is 0 Å². The zero-order chi connectivity index (χ0) is 11.5. The molecule has 90 valence electrons. The average molecular weight is 218 g/mol. The normalized spacial score (nSPS) is 71.8. The molecule has 0 heteroatoms. The summed E-state index contributed by atoms with van der Waals surface area (Å²) in [7, 11) is 0. The van der Waals surface area contributed by atoms with Crippen LogP contribution in [-0.4, -0.2) is 0 Å². The van der Waals surface area contributed by atoms with Crippen molar-refractivity contribution in [3.05, 3.63) is 0 Å². The first-order chi connectivity index (χ1) is 7.44. The number of hydrogen-bond acceptors (Lipinski definition) is 0. The van der Waals surface area contributed by atoms with Crippen LogP contribution in [0.15, 0.2) is 0 Å². The Morgan fingerprint density at radius 1 is 1.00 bits per heavy atom. The highest BCUT2D eigenvalue weighted by Gasteiger charge is 2.78. The van der Waals surface area contributed by atoms with Crippen molar-refractivity contribution in [1.29, 1.82) is 0 Å². The fraction of sp³-hybridized carbons (Fsp3) is 1.00. The van der Waals surface area contributed by atoms with Gasteiger partial charge in [-0.3, -0.25) is 0 Å². The first kappa shape index (κ1) is 9.97. The molecule has 0 heterocycles. The first-order valence-corrected chi connectivity index (χ1v) is 7.44. The second kappa shape index (κ2) is 2.40. The van der Waals surface area contributed by atoms with Gasteiger partial charge in [0.1, 0.15) is 0 Å². The van der Waals surface area contributed by atoms with Crippen molar-refractivity contribution in [3.8, 4) is 0 Å². The third kappa shape index (κ3) is 0.811. The summed E-state index contributed by atoms with van der Waals surface area (Å²) in [6, 6.07) is 0. The monoisotopic (exact) mass is 218 g/mol. The Balaban J connectivity index is 1.45. The van der Waals surface area contributed by atoms with E-state index in [9.17, 15) is 0 Å². The molecule has 4 rings (SSSR count). The Hall–Kier alpha value is 0. The van der Waals surface area contributed by atoms with Gasteiger partial charge >= 0.3 is 0 Å². The van der Waals surface area contributed by atoms with Gasteiger partial charge in [0.25, 0.3) is 0 Å². The van der Waals surface area contributed by atoms with Crippen LogP contribution in [0.2, 0.25) is 0 Å². The fourth-order valence-electron chi connectivity index (χ4n) is 6.25. The summed E-state index contributed by atoms with van der Waals surface area (Å²) < 4.78 is 0. The molecule has 0 bridgehead atoms. The maximum atomic E-state index is 2.58. The molecule has 1 spiro atoms. The Labute approximate surface area is 100 Å². The van der Waals surface area contributed by atoms with E-state index in [0.717, 1.165) is 52.3 Å². The first-order valence-electron chi connectivity index (χ1n) is 7.44. The smallest absolute Gasteiger partial charge is 0.0207 e. The van der Waals surface area contributed by atoms with Gasteiger partial charge in [0, 0.05) is 0 Å². The third-order valence-corrected chi connectivity index (χ3v) is 8.12. The van der Waals surface area contributed by atoms with E-state index in [4.69, 9.17) is 0 Å². The van der Waals surface area contributed by atoms with Gasteiger partial charge in [-0.15, -0.1) is 0 Å². The summed E-state index contributed by atoms with van der Waals surface area (Å²) in [5.74, 6) is 7.50. The molecule has 0 saturated heterocycles. The van der Waals surface area contributed by atoms with Crippen LogP contribution in [0.5, 0.6) is 0 Å². The third-order valence-electron chi connectivity index (χ3n) is 8.12. The molecule has 16 heavy (non-hydrogen) atoms. The van der Waals surface area contributed by atoms with Gasteiger partial charge in [0.2, 0.25) is 0 Å². The highest BCUT2D eigenvalue weighted by molar-refractivity contribution is 5.26. The maximum absolute atomic E-state index is 2.58. The molecule has 0 radical (unpaired) electrons. The van der Waals surface area contributed by atoms with Gasteiger partial charge in [-0.05, 0) is 65.1 Å². The van der Waals surface area contributed by atoms with Crippen molar-refractivity contribution in [3.63, 3.8) is 0 Å². The molecule has 8 unspecified atom stereocenters. The van der Waals surface area contributed by atoms with Crippen molar-refractivity contribution >= 4 is 0 Å². The van der Waals surface area contributed by atoms with Crippen LogP contribution >= 0.6 is 0 Å². The molecule has 4 aliphatic carbocycles. The summed E-state index contributed by atoms with van der Waals surface area (Å²) in [5, 5.41) is 0. The molecule has 0 N–H and O–H groups in total. The number of fused-ring (bicyclic) bond motifs is 1. The fourth-order valence-corrected chi connectivity index (χ4v) is 6.25. The molecule has 0 amide bonds. The van der Waals surface area contributed by atoms with Crippen molar-refractivity contribution in [2.45, 2.75) is 47.5 Å². The molecule has 0 aromatic carbocycles. The standard InChI is InChI=1S/C16H26/c1-8(12-6-15(5)11(4)14(12)15)13-7-16(13)9(2)10(16)3/h8-14H,6-7H2,1-5H3. The maximum Gasteiger partial charge on any atom is -0.0207 e. The minimum atomic E-state index is 0.793. The van der Waals surface area contributed by atoms with Crippen LogP contribution in [0.4, 0.5) is 0 Å².